The van der Waals surface area contributed by atoms with Crippen molar-refractivity contribution in [3.8, 4) is 11.3 Å². The van der Waals surface area contributed by atoms with Crippen LogP contribution in [-0.2, 0) is 9.84 Å². The van der Waals surface area contributed by atoms with Gasteiger partial charge in [-0.25, -0.2) is 12.8 Å². The van der Waals surface area contributed by atoms with Crippen molar-refractivity contribution in [1.82, 2.24) is 10.3 Å². The van der Waals surface area contributed by atoms with E-state index in [0.29, 0.717) is 11.3 Å². The third-order valence-electron chi connectivity index (χ3n) is 3.56. The topological polar surface area (TPSA) is 96.1 Å². The van der Waals surface area contributed by atoms with Crippen LogP contribution in [0.3, 0.4) is 0 Å². The molecule has 0 radical (unpaired) electrons. The maximum atomic E-state index is 12.9. The summed E-state index contributed by atoms with van der Waals surface area (Å²) in [6, 6.07) is 7.77. The first-order valence-electron chi connectivity index (χ1n) is 7.05. The average Bonchev–Trinajstić information content (AvgIpc) is 2.86. The average molecular weight is 348 g/mol. The van der Waals surface area contributed by atoms with Gasteiger partial charge in [-0.1, -0.05) is 0 Å². The van der Waals surface area contributed by atoms with Crippen molar-refractivity contribution in [3.63, 3.8) is 0 Å². The van der Waals surface area contributed by atoms with Crippen LogP contribution in [0.1, 0.15) is 10.4 Å². The second-order valence-electron chi connectivity index (χ2n) is 5.36. The van der Waals surface area contributed by atoms with E-state index in [2.05, 4.69) is 10.3 Å². The maximum Gasteiger partial charge on any atom is 0.261 e. The van der Waals surface area contributed by atoms with Crippen LogP contribution < -0.4 is 10.9 Å². The first-order chi connectivity index (χ1) is 11.3. The lowest BCUT2D eigenvalue weighted by atomic mass is 10.1. The molecule has 1 aromatic heterocycles. The van der Waals surface area contributed by atoms with Crippen molar-refractivity contribution in [2.75, 3.05) is 5.75 Å². The summed E-state index contributed by atoms with van der Waals surface area (Å²) in [6.45, 7) is 0. The number of nitrogens with one attached hydrogen (secondary N) is 2. The lowest BCUT2D eigenvalue weighted by molar-refractivity contribution is 0.0946. The third-order valence-corrected chi connectivity index (χ3v) is 4.95. The van der Waals surface area contributed by atoms with Gasteiger partial charge in [0.1, 0.15) is 11.4 Å². The maximum absolute atomic E-state index is 12.9. The van der Waals surface area contributed by atoms with Crippen LogP contribution in [0, 0.1) is 5.82 Å². The van der Waals surface area contributed by atoms with E-state index in [0.717, 1.165) is 5.41 Å². The number of amides is 1. The van der Waals surface area contributed by atoms with E-state index in [1.807, 2.05) is 0 Å². The molecule has 1 aliphatic heterocycles. The SMILES string of the molecule is O=C(N[C@@H]1C=CS(=O)(=O)C1)c1ccc(-c2ccc(F)cc2)[nH]c1=O. The van der Waals surface area contributed by atoms with Gasteiger partial charge in [-0.05, 0) is 48.0 Å². The fourth-order valence-electron chi connectivity index (χ4n) is 2.36. The Hall–Kier alpha value is -2.74. The lowest BCUT2D eigenvalue weighted by Crippen LogP contribution is -2.38. The summed E-state index contributed by atoms with van der Waals surface area (Å²) >= 11 is 0. The molecule has 0 unspecified atom stereocenters. The summed E-state index contributed by atoms with van der Waals surface area (Å²) in [5.41, 5.74) is 0.308. The van der Waals surface area contributed by atoms with Crippen LogP contribution in [0.5, 0.6) is 0 Å². The molecule has 0 fully saturated rings. The molecule has 1 aliphatic rings. The zero-order chi connectivity index (χ0) is 17.3. The predicted octanol–water partition coefficient (Wildman–Crippen LogP) is 1.22. The van der Waals surface area contributed by atoms with Crippen molar-refractivity contribution < 1.29 is 17.6 Å². The molecule has 8 heteroatoms. The second-order valence-corrected chi connectivity index (χ2v) is 7.29. The minimum atomic E-state index is -3.29. The molecule has 0 saturated heterocycles. The molecular formula is C16H13FN2O4S. The number of rotatable bonds is 3. The molecule has 0 aliphatic carbocycles. The number of carbonyl (C=O) groups is 1. The Bertz CT molecular complexity index is 978. The summed E-state index contributed by atoms with van der Waals surface area (Å²) in [7, 11) is -3.29. The van der Waals surface area contributed by atoms with Crippen LogP contribution in [-0.4, -0.2) is 31.1 Å². The number of hydrogen-bond donors (Lipinski definition) is 2. The van der Waals surface area contributed by atoms with E-state index < -0.39 is 33.2 Å². The summed E-state index contributed by atoms with van der Waals surface area (Å²) in [5.74, 6) is -1.27. The van der Waals surface area contributed by atoms with Gasteiger partial charge in [0.05, 0.1) is 11.8 Å². The van der Waals surface area contributed by atoms with Crippen molar-refractivity contribution in [3.05, 3.63) is 69.6 Å². The normalized spacial score (nSPS) is 18.5. The van der Waals surface area contributed by atoms with E-state index in [1.54, 1.807) is 0 Å². The number of H-pyrrole nitrogens is 1. The quantitative estimate of drug-likeness (QED) is 0.872. The van der Waals surface area contributed by atoms with Crippen molar-refractivity contribution in [2.24, 2.45) is 0 Å². The number of halogens is 1. The first-order valence-corrected chi connectivity index (χ1v) is 8.77. The van der Waals surface area contributed by atoms with E-state index in [9.17, 15) is 22.4 Å². The zero-order valence-corrected chi connectivity index (χ0v) is 13.1. The Labute approximate surface area is 137 Å². The highest BCUT2D eigenvalue weighted by Gasteiger charge is 2.24. The van der Waals surface area contributed by atoms with Gasteiger partial charge in [-0.15, -0.1) is 0 Å². The number of sulfone groups is 1. The summed E-state index contributed by atoms with van der Waals surface area (Å²) < 4.78 is 35.6. The number of aromatic nitrogens is 1. The van der Waals surface area contributed by atoms with Crippen LogP contribution in [0.4, 0.5) is 4.39 Å². The smallest absolute Gasteiger partial charge is 0.261 e. The lowest BCUT2D eigenvalue weighted by Gasteiger charge is -2.10. The second kappa shape index (κ2) is 6.04. The minimum absolute atomic E-state index is 0.126. The zero-order valence-electron chi connectivity index (χ0n) is 12.3. The van der Waals surface area contributed by atoms with Crippen molar-refractivity contribution >= 4 is 15.7 Å². The van der Waals surface area contributed by atoms with Gasteiger partial charge >= 0.3 is 0 Å². The molecule has 1 aromatic carbocycles. The van der Waals surface area contributed by atoms with Gasteiger partial charge in [0.15, 0.2) is 9.84 Å². The van der Waals surface area contributed by atoms with Gasteiger partial charge in [-0.3, -0.25) is 9.59 Å². The largest absolute Gasteiger partial charge is 0.345 e. The van der Waals surface area contributed by atoms with Gasteiger partial charge in [-0.2, -0.15) is 0 Å². The molecule has 24 heavy (non-hydrogen) atoms. The fraction of sp³-hybridized carbons (Fsp3) is 0.125. The molecular weight excluding hydrogens is 335 g/mol. The standard InChI is InChI=1S/C16H13FN2O4S/c17-11-3-1-10(2-4-11)14-6-5-13(16(21)19-14)15(20)18-12-7-8-24(22,23)9-12/h1-8,12H,9H2,(H,18,20)(H,19,21)/t12-/m1/s1. The number of benzene rings is 1. The van der Waals surface area contributed by atoms with E-state index in [4.69, 9.17) is 0 Å². The first kappa shape index (κ1) is 16.1. The molecule has 0 spiro atoms. The van der Waals surface area contributed by atoms with Crippen molar-refractivity contribution in [1.29, 1.82) is 0 Å². The number of carbonyl (C=O) groups excluding carboxylic acids is 1. The Balaban J connectivity index is 1.80. The Morgan fingerprint density at radius 2 is 1.88 bits per heavy atom. The van der Waals surface area contributed by atoms with Crippen LogP contribution >= 0.6 is 0 Å². The number of pyridine rings is 1. The van der Waals surface area contributed by atoms with E-state index >= 15 is 0 Å². The number of hydrogen-bond acceptors (Lipinski definition) is 4. The Morgan fingerprint density at radius 3 is 2.46 bits per heavy atom. The molecule has 2 N–H and O–H groups in total. The summed E-state index contributed by atoms with van der Waals surface area (Å²) in [4.78, 5) is 26.8. The van der Waals surface area contributed by atoms with Crippen molar-refractivity contribution in [2.45, 2.75) is 6.04 Å². The van der Waals surface area contributed by atoms with E-state index in [-0.39, 0.29) is 11.3 Å². The van der Waals surface area contributed by atoms with Gasteiger partial charge < -0.3 is 10.3 Å². The van der Waals surface area contributed by atoms with Crippen LogP contribution in [0.15, 0.2) is 52.7 Å². The summed E-state index contributed by atoms with van der Waals surface area (Å²) in [5, 5.41) is 3.53. The highest BCUT2D eigenvalue weighted by atomic mass is 32.2. The highest BCUT2D eigenvalue weighted by molar-refractivity contribution is 7.94. The molecule has 1 amide bonds. The van der Waals surface area contributed by atoms with E-state index in [1.165, 1.54) is 42.5 Å². The molecule has 6 nitrogen and oxygen atoms in total. The highest BCUT2D eigenvalue weighted by Crippen LogP contribution is 2.16. The summed E-state index contributed by atoms with van der Waals surface area (Å²) in [6.07, 6.45) is 1.37. The Kier molecular flexibility index (Phi) is 4.06. The molecule has 2 heterocycles. The van der Waals surface area contributed by atoms with Gasteiger partial charge in [0.2, 0.25) is 0 Å². The minimum Gasteiger partial charge on any atom is -0.345 e. The molecule has 3 rings (SSSR count). The van der Waals surface area contributed by atoms with Gasteiger partial charge in [0.25, 0.3) is 11.5 Å². The molecule has 0 saturated carbocycles. The fourth-order valence-corrected chi connectivity index (χ4v) is 3.60. The molecule has 0 bridgehead atoms. The monoisotopic (exact) mass is 348 g/mol. The van der Waals surface area contributed by atoms with Crippen LogP contribution in [0.25, 0.3) is 11.3 Å². The predicted molar refractivity (Wildman–Crippen MR) is 86.6 cm³/mol. The van der Waals surface area contributed by atoms with Gasteiger partial charge in [0, 0.05) is 11.1 Å². The van der Waals surface area contributed by atoms with Crippen LogP contribution in [0.2, 0.25) is 0 Å². The third kappa shape index (κ3) is 3.43. The molecule has 2 aromatic rings. The molecule has 124 valence electrons. The Morgan fingerprint density at radius 1 is 1.17 bits per heavy atom. The number of aromatic amines is 1. The molecule has 1 atom stereocenters.